The standard InChI is InChI=1S/C11H12N4O4/c1-15-8(16)3-7(10(15)17)14-9-6(11(18)19)2-5(12)4-13-9/h2,4,7H,3,12H2,1H3,(H,13,14)(H,18,19). The minimum atomic E-state index is -1.22. The van der Waals surface area contributed by atoms with E-state index in [1.54, 1.807) is 0 Å². The first-order valence-corrected chi connectivity index (χ1v) is 5.46. The van der Waals surface area contributed by atoms with E-state index in [2.05, 4.69) is 10.3 Å². The number of carbonyl (C=O) groups is 3. The minimum Gasteiger partial charge on any atom is -0.478 e. The van der Waals surface area contributed by atoms with Gasteiger partial charge in [-0.1, -0.05) is 0 Å². The van der Waals surface area contributed by atoms with Gasteiger partial charge < -0.3 is 16.2 Å². The fourth-order valence-electron chi connectivity index (χ4n) is 1.79. The van der Waals surface area contributed by atoms with Crippen LogP contribution in [0.4, 0.5) is 11.5 Å². The van der Waals surface area contributed by atoms with Gasteiger partial charge in [-0.2, -0.15) is 0 Å². The van der Waals surface area contributed by atoms with Gasteiger partial charge in [0.05, 0.1) is 18.3 Å². The van der Waals surface area contributed by atoms with Gasteiger partial charge in [0, 0.05) is 7.05 Å². The molecule has 0 aromatic carbocycles. The second-order valence-electron chi connectivity index (χ2n) is 4.16. The van der Waals surface area contributed by atoms with Crippen LogP contribution >= 0.6 is 0 Å². The number of carboxylic acid groups (broad SMARTS) is 1. The molecule has 0 saturated carbocycles. The Morgan fingerprint density at radius 1 is 1.58 bits per heavy atom. The number of hydrogen-bond acceptors (Lipinski definition) is 6. The molecule has 1 fully saturated rings. The maximum Gasteiger partial charge on any atom is 0.339 e. The maximum absolute atomic E-state index is 11.7. The van der Waals surface area contributed by atoms with Crippen molar-refractivity contribution in [2.45, 2.75) is 12.5 Å². The zero-order chi connectivity index (χ0) is 14.2. The Labute approximate surface area is 108 Å². The molecule has 1 aliphatic rings. The molecule has 1 aliphatic heterocycles. The number of nitrogens with zero attached hydrogens (tertiary/aromatic N) is 2. The molecular weight excluding hydrogens is 252 g/mol. The van der Waals surface area contributed by atoms with Crippen LogP contribution < -0.4 is 11.1 Å². The Balaban J connectivity index is 2.27. The summed E-state index contributed by atoms with van der Waals surface area (Å²) in [5, 5.41) is 11.7. The lowest BCUT2D eigenvalue weighted by molar-refractivity contribution is -0.136. The molecule has 0 radical (unpaired) electrons. The summed E-state index contributed by atoms with van der Waals surface area (Å²) >= 11 is 0. The number of nitrogen functional groups attached to an aromatic ring is 1. The smallest absolute Gasteiger partial charge is 0.339 e. The van der Waals surface area contributed by atoms with Crippen molar-refractivity contribution in [3.05, 3.63) is 17.8 Å². The average molecular weight is 264 g/mol. The van der Waals surface area contributed by atoms with Gasteiger partial charge in [-0.25, -0.2) is 9.78 Å². The summed E-state index contributed by atoms with van der Waals surface area (Å²) in [5.74, 6) is -1.94. The van der Waals surface area contributed by atoms with Crippen LogP contribution in [-0.4, -0.2) is 45.9 Å². The van der Waals surface area contributed by atoms with Crippen molar-refractivity contribution in [2.24, 2.45) is 0 Å². The number of amides is 2. The van der Waals surface area contributed by atoms with Crippen LogP contribution in [0.1, 0.15) is 16.8 Å². The van der Waals surface area contributed by atoms with Gasteiger partial charge in [0.25, 0.3) is 5.91 Å². The number of carbonyl (C=O) groups excluding carboxylic acids is 2. The van der Waals surface area contributed by atoms with Crippen molar-refractivity contribution >= 4 is 29.3 Å². The van der Waals surface area contributed by atoms with Crippen LogP contribution in [0.3, 0.4) is 0 Å². The Morgan fingerprint density at radius 3 is 2.79 bits per heavy atom. The monoisotopic (exact) mass is 264 g/mol. The van der Waals surface area contributed by atoms with Gasteiger partial charge in [-0.3, -0.25) is 14.5 Å². The lowest BCUT2D eigenvalue weighted by atomic mass is 10.2. The first kappa shape index (κ1) is 12.8. The molecule has 1 saturated heterocycles. The van der Waals surface area contributed by atoms with E-state index in [0.717, 1.165) is 4.90 Å². The molecule has 0 aliphatic carbocycles. The van der Waals surface area contributed by atoms with E-state index in [4.69, 9.17) is 10.8 Å². The van der Waals surface area contributed by atoms with E-state index in [1.807, 2.05) is 0 Å². The SMILES string of the molecule is CN1C(=O)CC(Nc2ncc(N)cc2C(=O)O)C1=O. The molecule has 19 heavy (non-hydrogen) atoms. The number of imide groups is 1. The fourth-order valence-corrected chi connectivity index (χ4v) is 1.79. The van der Waals surface area contributed by atoms with E-state index in [-0.39, 0.29) is 29.4 Å². The van der Waals surface area contributed by atoms with Crippen molar-refractivity contribution in [3.8, 4) is 0 Å². The van der Waals surface area contributed by atoms with Gasteiger partial charge in [-0.05, 0) is 6.07 Å². The summed E-state index contributed by atoms with van der Waals surface area (Å²) < 4.78 is 0. The van der Waals surface area contributed by atoms with Gasteiger partial charge >= 0.3 is 5.97 Å². The second-order valence-corrected chi connectivity index (χ2v) is 4.16. The molecule has 2 rings (SSSR count). The number of aromatic carboxylic acids is 1. The molecular formula is C11H12N4O4. The van der Waals surface area contributed by atoms with E-state index in [1.165, 1.54) is 19.3 Å². The zero-order valence-electron chi connectivity index (χ0n) is 10.1. The number of likely N-dealkylation sites (N-methyl/N-ethyl adjacent to an activating group) is 1. The van der Waals surface area contributed by atoms with E-state index >= 15 is 0 Å². The zero-order valence-corrected chi connectivity index (χ0v) is 10.1. The number of likely N-dealkylation sites (tertiary alicyclic amines) is 1. The number of nitrogens with two attached hydrogens (primary N) is 1. The second kappa shape index (κ2) is 4.56. The van der Waals surface area contributed by atoms with Crippen molar-refractivity contribution in [1.29, 1.82) is 0 Å². The van der Waals surface area contributed by atoms with Crippen LogP contribution in [0, 0.1) is 0 Å². The average Bonchev–Trinajstić information content (AvgIpc) is 2.59. The Hall–Kier alpha value is -2.64. The van der Waals surface area contributed by atoms with Crippen molar-refractivity contribution < 1.29 is 19.5 Å². The summed E-state index contributed by atoms with van der Waals surface area (Å²) in [5.41, 5.74) is 5.52. The van der Waals surface area contributed by atoms with Crippen molar-refractivity contribution in [3.63, 3.8) is 0 Å². The number of hydrogen-bond donors (Lipinski definition) is 3. The first-order valence-electron chi connectivity index (χ1n) is 5.46. The first-order chi connectivity index (χ1) is 8.90. The molecule has 100 valence electrons. The number of aromatic nitrogens is 1. The topological polar surface area (TPSA) is 126 Å². The third-order valence-electron chi connectivity index (χ3n) is 2.83. The molecule has 8 nitrogen and oxygen atoms in total. The van der Waals surface area contributed by atoms with Crippen LogP contribution in [0.2, 0.25) is 0 Å². The van der Waals surface area contributed by atoms with Crippen LogP contribution in [0.25, 0.3) is 0 Å². The highest BCUT2D eigenvalue weighted by molar-refractivity contribution is 6.07. The lowest BCUT2D eigenvalue weighted by Crippen LogP contribution is -2.32. The Bertz CT molecular complexity index is 572. The highest BCUT2D eigenvalue weighted by Crippen LogP contribution is 2.20. The molecule has 1 aromatic rings. The largest absolute Gasteiger partial charge is 0.478 e. The summed E-state index contributed by atoms with van der Waals surface area (Å²) in [4.78, 5) is 39.0. The van der Waals surface area contributed by atoms with E-state index in [0.29, 0.717) is 0 Å². The summed E-state index contributed by atoms with van der Waals surface area (Å²) in [6, 6.07) is 0.439. The highest BCUT2D eigenvalue weighted by atomic mass is 16.4. The van der Waals surface area contributed by atoms with Crippen molar-refractivity contribution in [1.82, 2.24) is 9.88 Å². The predicted octanol–water partition coefficient (Wildman–Crippen LogP) is -0.469. The molecule has 1 atom stereocenters. The van der Waals surface area contributed by atoms with E-state index in [9.17, 15) is 14.4 Å². The lowest BCUT2D eigenvalue weighted by Gasteiger charge is -2.13. The molecule has 2 amide bonds. The van der Waals surface area contributed by atoms with Gasteiger partial charge in [0.1, 0.15) is 17.4 Å². The van der Waals surface area contributed by atoms with Crippen LogP contribution in [0.15, 0.2) is 12.3 Å². The van der Waals surface area contributed by atoms with E-state index < -0.39 is 17.9 Å². The minimum absolute atomic E-state index is 0.0168. The molecule has 8 heteroatoms. The van der Waals surface area contributed by atoms with Gasteiger partial charge in [0.2, 0.25) is 5.91 Å². The third-order valence-corrected chi connectivity index (χ3v) is 2.83. The fraction of sp³-hybridized carbons (Fsp3) is 0.273. The number of pyridine rings is 1. The number of anilines is 2. The molecule has 2 heterocycles. The normalized spacial score (nSPS) is 18.8. The van der Waals surface area contributed by atoms with Crippen molar-refractivity contribution in [2.75, 3.05) is 18.1 Å². The highest BCUT2D eigenvalue weighted by Gasteiger charge is 2.36. The third kappa shape index (κ3) is 2.32. The summed E-state index contributed by atoms with van der Waals surface area (Å²) in [6.07, 6.45) is 1.25. The molecule has 0 spiro atoms. The molecule has 4 N–H and O–H groups in total. The molecule has 1 unspecified atom stereocenters. The number of rotatable bonds is 3. The predicted molar refractivity (Wildman–Crippen MR) is 65.4 cm³/mol. The van der Waals surface area contributed by atoms with Gasteiger partial charge in [0.15, 0.2) is 0 Å². The maximum atomic E-state index is 11.7. The van der Waals surface area contributed by atoms with Crippen LogP contribution in [-0.2, 0) is 9.59 Å². The number of nitrogens with one attached hydrogen (secondary N) is 1. The van der Waals surface area contributed by atoms with Crippen LogP contribution in [0.5, 0.6) is 0 Å². The summed E-state index contributed by atoms with van der Waals surface area (Å²) in [7, 11) is 1.38. The molecule has 1 aromatic heterocycles. The van der Waals surface area contributed by atoms with Gasteiger partial charge in [-0.15, -0.1) is 0 Å². The number of carboxylic acids is 1. The quantitative estimate of drug-likeness (QED) is 0.630. The Kier molecular flexibility index (Phi) is 3.07. The summed E-state index contributed by atoms with van der Waals surface area (Å²) in [6.45, 7) is 0. The Morgan fingerprint density at radius 2 is 2.26 bits per heavy atom. The molecule has 0 bridgehead atoms.